The van der Waals surface area contributed by atoms with Gasteiger partial charge in [0, 0.05) is 13.1 Å². The van der Waals surface area contributed by atoms with Gasteiger partial charge in [-0.15, -0.1) is 0 Å². The Kier molecular flexibility index (Phi) is 6.51. The van der Waals surface area contributed by atoms with Gasteiger partial charge in [-0.3, -0.25) is 4.90 Å². The summed E-state index contributed by atoms with van der Waals surface area (Å²) < 4.78 is 5.15. The number of nitrogens with zero attached hydrogens (tertiary/aromatic N) is 1. The number of hydrogen-bond acceptors (Lipinski definition) is 3. The first-order valence-electron chi connectivity index (χ1n) is 4.38. The summed E-state index contributed by atoms with van der Waals surface area (Å²) in [7, 11) is 0. The number of rotatable bonds is 1. The van der Waals surface area contributed by atoms with Crippen LogP contribution in [0.25, 0.3) is 0 Å². The number of morpholine rings is 1. The van der Waals surface area contributed by atoms with Gasteiger partial charge in [-0.05, 0) is 6.92 Å². The van der Waals surface area contributed by atoms with Crippen molar-refractivity contribution < 1.29 is 4.74 Å². The third-order valence-corrected chi connectivity index (χ3v) is 1.62. The molecular weight excluding hydrogens is 140 g/mol. The van der Waals surface area contributed by atoms with Crippen LogP contribution in [0.1, 0.15) is 20.8 Å². The van der Waals surface area contributed by atoms with Crippen molar-refractivity contribution in [2.75, 3.05) is 26.3 Å². The number of nitrogens with two attached hydrogens (primary N) is 1. The minimum absolute atomic E-state index is 0.189. The molecule has 0 saturated carbocycles. The van der Waals surface area contributed by atoms with Crippen LogP contribution < -0.4 is 5.73 Å². The van der Waals surface area contributed by atoms with E-state index in [4.69, 9.17) is 10.5 Å². The molecule has 0 aliphatic carbocycles. The van der Waals surface area contributed by atoms with Crippen LogP contribution >= 0.6 is 0 Å². The fourth-order valence-electron chi connectivity index (χ4n) is 0.985. The molecule has 0 aromatic rings. The molecule has 0 bridgehead atoms. The smallest absolute Gasteiger partial charge is 0.0594 e. The highest BCUT2D eigenvalue weighted by atomic mass is 16.5. The molecule has 3 nitrogen and oxygen atoms in total. The van der Waals surface area contributed by atoms with Crippen LogP contribution in [0.5, 0.6) is 0 Å². The second-order valence-corrected chi connectivity index (χ2v) is 2.39. The highest BCUT2D eigenvalue weighted by Crippen LogP contribution is 1.97. The molecule has 0 spiro atoms. The summed E-state index contributed by atoms with van der Waals surface area (Å²) in [6, 6.07) is 0. The molecule has 1 unspecified atom stereocenters. The van der Waals surface area contributed by atoms with E-state index >= 15 is 0 Å². The molecule has 1 heterocycles. The van der Waals surface area contributed by atoms with Crippen LogP contribution in [-0.4, -0.2) is 37.4 Å². The maximum absolute atomic E-state index is 5.64. The fourth-order valence-corrected chi connectivity index (χ4v) is 0.985. The third kappa shape index (κ3) is 4.35. The molecule has 0 aromatic carbocycles. The van der Waals surface area contributed by atoms with Crippen LogP contribution in [0.3, 0.4) is 0 Å². The molecule has 1 saturated heterocycles. The second-order valence-electron chi connectivity index (χ2n) is 2.39. The normalized spacial score (nSPS) is 21.8. The third-order valence-electron chi connectivity index (χ3n) is 1.62. The lowest BCUT2D eigenvalue weighted by atomic mass is 10.4. The van der Waals surface area contributed by atoms with Crippen molar-refractivity contribution in [2.45, 2.75) is 26.9 Å². The zero-order chi connectivity index (χ0) is 8.69. The first-order chi connectivity index (χ1) is 5.30. The van der Waals surface area contributed by atoms with Gasteiger partial charge in [-0.2, -0.15) is 0 Å². The Bertz CT molecular complexity index is 80.2. The largest absolute Gasteiger partial charge is 0.379 e. The van der Waals surface area contributed by atoms with E-state index in [2.05, 4.69) is 4.90 Å². The molecule has 0 amide bonds. The van der Waals surface area contributed by atoms with Crippen LogP contribution in [0.4, 0.5) is 0 Å². The van der Waals surface area contributed by atoms with Crippen molar-refractivity contribution in [1.82, 2.24) is 4.90 Å². The first-order valence-corrected chi connectivity index (χ1v) is 4.38. The molecule has 0 radical (unpaired) electrons. The van der Waals surface area contributed by atoms with Crippen molar-refractivity contribution in [3.63, 3.8) is 0 Å². The van der Waals surface area contributed by atoms with Gasteiger partial charge in [0.1, 0.15) is 0 Å². The van der Waals surface area contributed by atoms with Crippen molar-refractivity contribution >= 4 is 0 Å². The van der Waals surface area contributed by atoms with Crippen molar-refractivity contribution in [3.8, 4) is 0 Å². The Morgan fingerprint density at radius 1 is 1.27 bits per heavy atom. The van der Waals surface area contributed by atoms with E-state index < -0.39 is 0 Å². The average Bonchev–Trinajstić information content (AvgIpc) is 2.10. The van der Waals surface area contributed by atoms with Gasteiger partial charge < -0.3 is 10.5 Å². The Labute approximate surface area is 69.5 Å². The van der Waals surface area contributed by atoms with Crippen molar-refractivity contribution in [1.29, 1.82) is 0 Å². The quantitative estimate of drug-likeness (QED) is 0.612. The standard InChI is InChI=1S/C6H14N2O.C2H6/c1-6(7)8-2-4-9-5-3-8;1-2/h6H,2-5,7H2,1H3;1-2H3. The van der Waals surface area contributed by atoms with Gasteiger partial charge in [0.15, 0.2) is 0 Å². The van der Waals surface area contributed by atoms with E-state index in [1.54, 1.807) is 0 Å². The monoisotopic (exact) mass is 160 g/mol. The maximum atomic E-state index is 5.64. The molecule has 68 valence electrons. The summed E-state index contributed by atoms with van der Waals surface area (Å²) in [5, 5.41) is 0. The minimum Gasteiger partial charge on any atom is -0.379 e. The molecule has 1 aliphatic heterocycles. The molecule has 1 fully saturated rings. The predicted octanol–water partition coefficient (Wildman–Crippen LogP) is 0.649. The average molecular weight is 160 g/mol. The summed E-state index contributed by atoms with van der Waals surface area (Å²) in [6.07, 6.45) is 0.189. The van der Waals surface area contributed by atoms with Gasteiger partial charge in [-0.25, -0.2) is 0 Å². The van der Waals surface area contributed by atoms with E-state index in [-0.39, 0.29) is 6.17 Å². The highest BCUT2D eigenvalue weighted by Gasteiger charge is 2.12. The minimum atomic E-state index is 0.189. The molecule has 2 N–H and O–H groups in total. The van der Waals surface area contributed by atoms with E-state index in [0.29, 0.717) is 0 Å². The molecule has 3 heteroatoms. The molecule has 11 heavy (non-hydrogen) atoms. The van der Waals surface area contributed by atoms with Gasteiger partial charge in [0.25, 0.3) is 0 Å². The first kappa shape index (κ1) is 10.9. The van der Waals surface area contributed by atoms with Crippen molar-refractivity contribution in [3.05, 3.63) is 0 Å². The Morgan fingerprint density at radius 3 is 2.00 bits per heavy atom. The van der Waals surface area contributed by atoms with Crippen LogP contribution in [-0.2, 0) is 4.74 Å². The number of ether oxygens (including phenoxy) is 1. The molecule has 1 aliphatic rings. The lowest BCUT2D eigenvalue weighted by Crippen LogP contribution is -2.46. The summed E-state index contributed by atoms with van der Waals surface area (Å²) >= 11 is 0. The summed E-state index contributed by atoms with van der Waals surface area (Å²) in [4.78, 5) is 2.21. The van der Waals surface area contributed by atoms with Crippen LogP contribution in [0.2, 0.25) is 0 Å². The van der Waals surface area contributed by atoms with Crippen molar-refractivity contribution in [2.24, 2.45) is 5.73 Å². The number of hydrogen-bond donors (Lipinski definition) is 1. The van der Waals surface area contributed by atoms with Crippen LogP contribution in [0, 0.1) is 0 Å². The van der Waals surface area contributed by atoms with Crippen LogP contribution in [0.15, 0.2) is 0 Å². The maximum Gasteiger partial charge on any atom is 0.0594 e. The molecule has 1 atom stereocenters. The Morgan fingerprint density at radius 2 is 1.73 bits per heavy atom. The topological polar surface area (TPSA) is 38.5 Å². The van der Waals surface area contributed by atoms with Gasteiger partial charge >= 0.3 is 0 Å². The summed E-state index contributed by atoms with van der Waals surface area (Å²) in [5.41, 5.74) is 5.64. The van der Waals surface area contributed by atoms with Gasteiger partial charge in [0.2, 0.25) is 0 Å². The van der Waals surface area contributed by atoms with E-state index in [1.165, 1.54) is 0 Å². The molecule has 0 aromatic heterocycles. The van der Waals surface area contributed by atoms with E-state index in [1.807, 2.05) is 20.8 Å². The van der Waals surface area contributed by atoms with Gasteiger partial charge in [-0.1, -0.05) is 13.8 Å². The Hall–Kier alpha value is -0.120. The SMILES string of the molecule is CC.CC(N)N1CCOCC1. The summed E-state index contributed by atoms with van der Waals surface area (Å²) in [5.74, 6) is 0. The van der Waals surface area contributed by atoms with Gasteiger partial charge in [0.05, 0.1) is 19.4 Å². The van der Waals surface area contributed by atoms with E-state index in [9.17, 15) is 0 Å². The zero-order valence-electron chi connectivity index (χ0n) is 7.84. The van der Waals surface area contributed by atoms with E-state index in [0.717, 1.165) is 26.3 Å². The molecular formula is C8H20N2O. The second kappa shape index (κ2) is 6.58. The fraction of sp³-hybridized carbons (Fsp3) is 1.00. The lowest BCUT2D eigenvalue weighted by Gasteiger charge is -2.29. The predicted molar refractivity (Wildman–Crippen MR) is 47.4 cm³/mol. The Balaban J connectivity index is 0.000000461. The lowest BCUT2D eigenvalue weighted by molar-refractivity contribution is 0.0215. The zero-order valence-corrected chi connectivity index (χ0v) is 7.84. The summed E-state index contributed by atoms with van der Waals surface area (Å²) in [6.45, 7) is 9.64. The highest BCUT2D eigenvalue weighted by molar-refractivity contribution is 4.63. The molecule has 1 rings (SSSR count).